The Morgan fingerprint density at radius 1 is 0.895 bits per heavy atom. The SMILES string of the molecule is Cc1ccc2c(ccn2-c2cc3ccccc3[nH]2)c1. The highest BCUT2D eigenvalue weighted by molar-refractivity contribution is 5.86. The van der Waals surface area contributed by atoms with Crippen LogP contribution in [0.1, 0.15) is 5.56 Å². The van der Waals surface area contributed by atoms with E-state index in [0.29, 0.717) is 0 Å². The van der Waals surface area contributed by atoms with Gasteiger partial charge in [0.15, 0.2) is 0 Å². The number of nitrogens with one attached hydrogen (secondary N) is 1. The lowest BCUT2D eigenvalue weighted by atomic mass is 10.2. The van der Waals surface area contributed by atoms with Gasteiger partial charge < -0.3 is 9.55 Å². The highest BCUT2D eigenvalue weighted by atomic mass is 15.1. The van der Waals surface area contributed by atoms with Crippen molar-refractivity contribution >= 4 is 21.8 Å². The van der Waals surface area contributed by atoms with Crippen molar-refractivity contribution in [2.24, 2.45) is 0 Å². The van der Waals surface area contributed by atoms with Gasteiger partial charge in [-0.2, -0.15) is 0 Å². The highest BCUT2D eigenvalue weighted by Crippen LogP contribution is 2.24. The lowest BCUT2D eigenvalue weighted by molar-refractivity contribution is 1.08. The number of benzene rings is 2. The van der Waals surface area contributed by atoms with Gasteiger partial charge in [0, 0.05) is 22.5 Å². The van der Waals surface area contributed by atoms with Crippen molar-refractivity contribution in [2.75, 3.05) is 0 Å². The van der Waals surface area contributed by atoms with Crippen LogP contribution in [0.3, 0.4) is 0 Å². The van der Waals surface area contributed by atoms with Crippen molar-refractivity contribution in [1.82, 2.24) is 9.55 Å². The molecule has 0 amide bonds. The van der Waals surface area contributed by atoms with Crippen LogP contribution in [0.2, 0.25) is 0 Å². The van der Waals surface area contributed by atoms with Gasteiger partial charge in [-0.05, 0) is 37.3 Å². The Balaban J connectivity index is 1.98. The molecule has 2 heteroatoms. The van der Waals surface area contributed by atoms with E-state index in [1.165, 1.54) is 27.4 Å². The zero-order valence-corrected chi connectivity index (χ0v) is 10.7. The van der Waals surface area contributed by atoms with Crippen molar-refractivity contribution in [3.63, 3.8) is 0 Å². The van der Waals surface area contributed by atoms with E-state index in [1.807, 2.05) is 0 Å². The van der Waals surface area contributed by atoms with E-state index in [2.05, 4.69) is 77.3 Å². The van der Waals surface area contributed by atoms with Crippen LogP contribution in [-0.4, -0.2) is 9.55 Å². The summed E-state index contributed by atoms with van der Waals surface area (Å²) in [6.07, 6.45) is 2.12. The van der Waals surface area contributed by atoms with Gasteiger partial charge in [-0.3, -0.25) is 0 Å². The second-order valence-electron chi connectivity index (χ2n) is 4.99. The van der Waals surface area contributed by atoms with Crippen LogP contribution in [0.4, 0.5) is 0 Å². The summed E-state index contributed by atoms with van der Waals surface area (Å²) in [7, 11) is 0. The van der Waals surface area contributed by atoms with Gasteiger partial charge in [0.25, 0.3) is 0 Å². The van der Waals surface area contributed by atoms with E-state index in [9.17, 15) is 0 Å². The zero-order valence-electron chi connectivity index (χ0n) is 10.7. The number of aromatic amines is 1. The molecule has 4 rings (SSSR count). The third kappa shape index (κ3) is 1.57. The quantitative estimate of drug-likeness (QED) is 0.513. The normalized spacial score (nSPS) is 11.4. The predicted octanol–water partition coefficient (Wildman–Crippen LogP) is 4.42. The molecule has 0 saturated carbocycles. The monoisotopic (exact) mass is 246 g/mol. The second-order valence-corrected chi connectivity index (χ2v) is 4.99. The number of rotatable bonds is 1. The molecule has 0 bridgehead atoms. The van der Waals surface area contributed by atoms with Gasteiger partial charge in [0.2, 0.25) is 0 Å². The average Bonchev–Trinajstić information content (AvgIpc) is 3.00. The lowest BCUT2D eigenvalue weighted by Gasteiger charge is -2.02. The second kappa shape index (κ2) is 3.75. The molecule has 4 aromatic rings. The maximum atomic E-state index is 3.47. The van der Waals surface area contributed by atoms with Crippen molar-refractivity contribution in [3.8, 4) is 5.82 Å². The maximum absolute atomic E-state index is 3.47. The summed E-state index contributed by atoms with van der Waals surface area (Å²) in [4.78, 5) is 3.47. The summed E-state index contributed by atoms with van der Waals surface area (Å²) in [5, 5.41) is 2.52. The average molecular weight is 246 g/mol. The third-order valence-electron chi connectivity index (χ3n) is 3.62. The summed E-state index contributed by atoms with van der Waals surface area (Å²) in [6, 6.07) is 19.3. The minimum absolute atomic E-state index is 1.11. The summed E-state index contributed by atoms with van der Waals surface area (Å²) in [5.74, 6) is 1.11. The lowest BCUT2D eigenvalue weighted by Crippen LogP contribution is -1.91. The van der Waals surface area contributed by atoms with Crippen LogP contribution in [0.15, 0.2) is 60.8 Å². The van der Waals surface area contributed by atoms with Crippen molar-refractivity contribution < 1.29 is 0 Å². The van der Waals surface area contributed by atoms with E-state index >= 15 is 0 Å². The van der Waals surface area contributed by atoms with Crippen molar-refractivity contribution in [3.05, 3.63) is 66.4 Å². The standard InChI is InChI=1S/C17H14N2/c1-12-6-7-16-14(10-12)8-9-19(16)17-11-13-4-2-3-5-15(13)18-17/h2-11,18H,1H3. The number of fused-ring (bicyclic) bond motifs is 2. The number of hydrogen-bond donors (Lipinski definition) is 1. The number of para-hydroxylation sites is 1. The van der Waals surface area contributed by atoms with Crippen LogP contribution in [0, 0.1) is 6.92 Å². The first kappa shape index (κ1) is 10.4. The molecule has 0 spiro atoms. The fourth-order valence-electron chi connectivity index (χ4n) is 2.66. The Morgan fingerprint density at radius 3 is 2.68 bits per heavy atom. The van der Waals surface area contributed by atoms with Gasteiger partial charge in [-0.25, -0.2) is 0 Å². The fraction of sp³-hybridized carbons (Fsp3) is 0.0588. The topological polar surface area (TPSA) is 20.7 Å². The zero-order chi connectivity index (χ0) is 12.8. The fourth-order valence-corrected chi connectivity index (χ4v) is 2.66. The molecular weight excluding hydrogens is 232 g/mol. The Morgan fingerprint density at radius 2 is 1.79 bits per heavy atom. The van der Waals surface area contributed by atoms with Crippen LogP contribution >= 0.6 is 0 Å². The molecule has 0 aliphatic rings. The summed E-state index contributed by atoms with van der Waals surface area (Å²) in [5.41, 5.74) is 3.70. The van der Waals surface area contributed by atoms with Crippen molar-refractivity contribution in [2.45, 2.75) is 6.92 Å². The van der Waals surface area contributed by atoms with Crippen LogP contribution in [-0.2, 0) is 0 Å². The molecule has 2 aromatic heterocycles. The third-order valence-corrected chi connectivity index (χ3v) is 3.62. The van der Waals surface area contributed by atoms with E-state index in [1.54, 1.807) is 0 Å². The smallest absolute Gasteiger partial charge is 0.115 e. The molecule has 0 atom stereocenters. The summed E-state index contributed by atoms with van der Waals surface area (Å²) < 4.78 is 2.20. The maximum Gasteiger partial charge on any atom is 0.115 e. The van der Waals surface area contributed by atoms with Crippen molar-refractivity contribution in [1.29, 1.82) is 0 Å². The van der Waals surface area contributed by atoms with E-state index in [-0.39, 0.29) is 0 Å². The molecule has 2 aromatic carbocycles. The molecule has 0 aliphatic carbocycles. The first-order valence-corrected chi connectivity index (χ1v) is 6.47. The molecule has 0 radical (unpaired) electrons. The molecule has 0 unspecified atom stereocenters. The molecule has 1 N–H and O–H groups in total. The summed E-state index contributed by atoms with van der Waals surface area (Å²) in [6.45, 7) is 2.12. The molecule has 0 fully saturated rings. The first-order valence-electron chi connectivity index (χ1n) is 6.47. The van der Waals surface area contributed by atoms with Gasteiger partial charge in [-0.1, -0.05) is 29.8 Å². The molecular formula is C17H14N2. The van der Waals surface area contributed by atoms with Crippen LogP contribution < -0.4 is 0 Å². The largest absolute Gasteiger partial charge is 0.341 e. The molecule has 2 nitrogen and oxygen atoms in total. The molecule has 0 aliphatic heterocycles. The molecule has 2 heterocycles. The Bertz CT molecular complexity index is 847. The Kier molecular flexibility index (Phi) is 2.06. The van der Waals surface area contributed by atoms with Gasteiger partial charge in [0.05, 0.1) is 5.52 Å². The predicted molar refractivity (Wildman–Crippen MR) is 79.9 cm³/mol. The van der Waals surface area contributed by atoms with Gasteiger partial charge in [-0.15, -0.1) is 0 Å². The summed E-state index contributed by atoms with van der Waals surface area (Å²) >= 11 is 0. The van der Waals surface area contributed by atoms with E-state index in [0.717, 1.165) is 5.82 Å². The number of aryl methyl sites for hydroxylation is 1. The minimum atomic E-state index is 1.11. The molecule has 19 heavy (non-hydrogen) atoms. The highest BCUT2D eigenvalue weighted by Gasteiger charge is 2.06. The van der Waals surface area contributed by atoms with Gasteiger partial charge >= 0.3 is 0 Å². The number of hydrogen-bond acceptors (Lipinski definition) is 0. The number of H-pyrrole nitrogens is 1. The van der Waals surface area contributed by atoms with Crippen LogP contribution in [0.25, 0.3) is 27.6 Å². The number of nitrogens with zero attached hydrogens (tertiary/aromatic N) is 1. The van der Waals surface area contributed by atoms with E-state index in [4.69, 9.17) is 0 Å². The molecule has 92 valence electrons. The minimum Gasteiger partial charge on any atom is -0.341 e. The van der Waals surface area contributed by atoms with Crippen LogP contribution in [0.5, 0.6) is 0 Å². The number of aromatic nitrogens is 2. The molecule has 0 saturated heterocycles. The van der Waals surface area contributed by atoms with Gasteiger partial charge in [0.1, 0.15) is 5.82 Å². The Labute approximate surface area is 111 Å². The Hall–Kier alpha value is -2.48. The van der Waals surface area contributed by atoms with E-state index < -0.39 is 0 Å². The first-order chi connectivity index (χ1) is 9.31.